The van der Waals surface area contributed by atoms with E-state index in [0.29, 0.717) is 30.8 Å². The van der Waals surface area contributed by atoms with Crippen LogP contribution in [0.3, 0.4) is 0 Å². The minimum Gasteiger partial charge on any atom is -0.357 e. The Morgan fingerprint density at radius 2 is 1.67 bits per heavy atom. The van der Waals surface area contributed by atoms with Crippen LogP contribution >= 0.6 is 0 Å². The van der Waals surface area contributed by atoms with Crippen molar-refractivity contribution in [3.63, 3.8) is 0 Å². The van der Waals surface area contributed by atoms with Gasteiger partial charge in [-0.15, -0.1) is 0 Å². The number of rotatable bonds is 5. The maximum Gasteiger partial charge on any atom is 0.251 e. The molecule has 1 aromatic heterocycles. The molecule has 0 unspecified atom stereocenters. The van der Waals surface area contributed by atoms with E-state index in [2.05, 4.69) is 15.2 Å². The van der Waals surface area contributed by atoms with Crippen LogP contribution in [0.4, 0.5) is 11.5 Å². The third-order valence-electron chi connectivity index (χ3n) is 5.71. The molecule has 1 amide bonds. The summed E-state index contributed by atoms with van der Waals surface area (Å²) in [5.74, 6) is 0.988. The minimum atomic E-state index is -3.21. The van der Waals surface area contributed by atoms with Crippen molar-refractivity contribution >= 4 is 27.4 Å². The number of aromatic nitrogens is 1. The van der Waals surface area contributed by atoms with Gasteiger partial charge in [-0.3, -0.25) is 9.10 Å². The fraction of sp³-hybridized carbons (Fsp3) is 0.455. The van der Waals surface area contributed by atoms with E-state index in [4.69, 9.17) is 0 Å². The molecule has 7 nitrogen and oxygen atoms in total. The Hall–Kier alpha value is -2.61. The fourth-order valence-corrected chi connectivity index (χ4v) is 5.57. The van der Waals surface area contributed by atoms with E-state index in [1.165, 1.54) is 30.0 Å². The molecular formula is C22H28N4O3S. The molecule has 2 fully saturated rings. The zero-order valence-electron chi connectivity index (χ0n) is 17.1. The van der Waals surface area contributed by atoms with Crippen LogP contribution in [0.2, 0.25) is 0 Å². The fourth-order valence-electron chi connectivity index (χ4n) is 4.00. The Kier molecular flexibility index (Phi) is 6.22. The molecule has 0 atom stereocenters. The van der Waals surface area contributed by atoms with Crippen molar-refractivity contribution in [3.05, 3.63) is 53.7 Å². The Bertz CT molecular complexity index is 966. The largest absolute Gasteiger partial charge is 0.357 e. The number of hydrogen-bond acceptors (Lipinski definition) is 5. The molecule has 2 aromatic rings. The molecule has 0 bridgehead atoms. The molecule has 4 rings (SSSR count). The number of anilines is 2. The third-order valence-corrected chi connectivity index (χ3v) is 7.58. The number of benzene rings is 1. The standard InChI is InChI=1S/C22H28N4O3S/c27-22(19-7-9-20(10-8-19)26-14-5-15-30(26,28)29)24-17-18-6-11-21(23-16-18)25-12-3-1-2-4-13-25/h6-11,16H,1-5,12-15,17H2,(H,24,27). The number of pyridine rings is 1. The summed E-state index contributed by atoms with van der Waals surface area (Å²) in [6, 6.07) is 10.7. The van der Waals surface area contributed by atoms with Gasteiger partial charge in [0, 0.05) is 37.9 Å². The number of nitrogens with zero attached hydrogens (tertiary/aromatic N) is 3. The number of amides is 1. The first-order valence-corrected chi connectivity index (χ1v) is 12.2. The maximum atomic E-state index is 12.5. The van der Waals surface area contributed by atoms with Gasteiger partial charge in [-0.2, -0.15) is 0 Å². The highest BCUT2D eigenvalue weighted by atomic mass is 32.2. The molecule has 0 aliphatic carbocycles. The number of sulfonamides is 1. The summed E-state index contributed by atoms with van der Waals surface area (Å²) in [6.07, 6.45) is 7.45. The maximum absolute atomic E-state index is 12.5. The van der Waals surface area contributed by atoms with Crippen molar-refractivity contribution < 1.29 is 13.2 Å². The van der Waals surface area contributed by atoms with Gasteiger partial charge >= 0.3 is 0 Å². The van der Waals surface area contributed by atoms with Gasteiger partial charge in [-0.1, -0.05) is 18.9 Å². The van der Waals surface area contributed by atoms with Crippen molar-refractivity contribution in [2.45, 2.75) is 38.6 Å². The van der Waals surface area contributed by atoms with Crippen LogP contribution in [-0.2, 0) is 16.6 Å². The first-order chi connectivity index (χ1) is 14.5. The topological polar surface area (TPSA) is 82.6 Å². The summed E-state index contributed by atoms with van der Waals surface area (Å²) >= 11 is 0. The van der Waals surface area contributed by atoms with Crippen LogP contribution in [0, 0.1) is 0 Å². The molecule has 2 aliphatic heterocycles. The second kappa shape index (κ2) is 9.04. The molecule has 2 saturated heterocycles. The Balaban J connectivity index is 1.33. The molecule has 0 spiro atoms. The van der Waals surface area contributed by atoms with Gasteiger partial charge in [0.1, 0.15) is 5.82 Å². The van der Waals surface area contributed by atoms with E-state index in [1.807, 2.05) is 18.3 Å². The molecule has 0 saturated carbocycles. The predicted molar refractivity (Wildman–Crippen MR) is 118 cm³/mol. The molecular weight excluding hydrogens is 400 g/mol. The lowest BCUT2D eigenvalue weighted by Crippen LogP contribution is -2.26. The average molecular weight is 429 g/mol. The van der Waals surface area contributed by atoms with E-state index in [-0.39, 0.29) is 11.7 Å². The molecule has 1 aromatic carbocycles. The average Bonchev–Trinajstić information content (AvgIpc) is 2.95. The SMILES string of the molecule is O=C(NCc1ccc(N2CCCCCC2)nc1)c1ccc(N2CCCS2(=O)=O)cc1. The first-order valence-electron chi connectivity index (χ1n) is 10.6. The highest BCUT2D eigenvalue weighted by molar-refractivity contribution is 7.93. The summed E-state index contributed by atoms with van der Waals surface area (Å²) in [4.78, 5) is 19.4. The zero-order chi connectivity index (χ0) is 21.0. The van der Waals surface area contributed by atoms with Crippen LogP contribution < -0.4 is 14.5 Å². The van der Waals surface area contributed by atoms with Gasteiger partial charge in [-0.25, -0.2) is 13.4 Å². The number of nitrogens with one attached hydrogen (secondary N) is 1. The second-order valence-corrected chi connectivity index (χ2v) is 9.91. The van der Waals surface area contributed by atoms with Gasteiger partial charge < -0.3 is 10.2 Å². The van der Waals surface area contributed by atoms with Crippen molar-refractivity contribution in [1.82, 2.24) is 10.3 Å². The molecule has 30 heavy (non-hydrogen) atoms. The van der Waals surface area contributed by atoms with E-state index < -0.39 is 10.0 Å². The minimum absolute atomic E-state index is 0.180. The van der Waals surface area contributed by atoms with Crippen molar-refractivity contribution in [2.75, 3.05) is 34.6 Å². The van der Waals surface area contributed by atoms with Gasteiger partial charge in [0.05, 0.1) is 11.4 Å². The monoisotopic (exact) mass is 428 g/mol. The number of carbonyl (C=O) groups is 1. The van der Waals surface area contributed by atoms with E-state index in [9.17, 15) is 13.2 Å². The molecule has 0 radical (unpaired) electrons. The van der Waals surface area contributed by atoms with Crippen molar-refractivity contribution in [3.8, 4) is 0 Å². The van der Waals surface area contributed by atoms with Crippen LogP contribution in [0.5, 0.6) is 0 Å². The van der Waals surface area contributed by atoms with Crippen LogP contribution in [0.1, 0.15) is 48.0 Å². The van der Waals surface area contributed by atoms with Gasteiger partial charge in [0.25, 0.3) is 5.91 Å². The predicted octanol–water partition coefficient (Wildman–Crippen LogP) is 2.93. The van der Waals surface area contributed by atoms with Gasteiger partial charge in [0.15, 0.2) is 0 Å². The molecule has 160 valence electrons. The third kappa shape index (κ3) is 4.75. The van der Waals surface area contributed by atoms with E-state index in [1.54, 1.807) is 24.3 Å². The highest BCUT2D eigenvalue weighted by Gasteiger charge is 2.28. The van der Waals surface area contributed by atoms with Gasteiger partial charge in [0.2, 0.25) is 10.0 Å². The summed E-state index contributed by atoms with van der Waals surface area (Å²) in [5.41, 5.74) is 2.06. The quantitative estimate of drug-likeness (QED) is 0.792. The first kappa shape index (κ1) is 20.7. The summed E-state index contributed by atoms with van der Waals surface area (Å²) < 4.78 is 25.4. The van der Waals surface area contributed by atoms with E-state index in [0.717, 1.165) is 24.5 Å². The van der Waals surface area contributed by atoms with Gasteiger partial charge in [-0.05, 0) is 55.2 Å². The van der Waals surface area contributed by atoms with Crippen LogP contribution in [0.15, 0.2) is 42.6 Å². The molecule has 1 N–H and O–H groups in total. The lowest BCUT2D eigenvalue weighted by atomic mass is 10.2. The summed E-state index contributed by atoms with van der Waals surface area (Å²) in [5, 5.41) is 2.91. The number of carbonyl (C=O) groups excluding carboxylic acids is 1. The summed E-state index contributed by atoms with van der Waals surface area (Å²) in [7, 11) is -3.21. The highest BCUT2D eigenvalue weighted by Crippen LogP contribution is 2.24. The number of hydrogen-bond donors (Lipinski definition) is 1. The smallest absolute Gasteiger partial charge is 0.251 e. The van der Waals surface area contributed by atoms with Crippen molar-refractivity contribution in [2.24, 2.45) is 0 Å². The zero-order valence-corrected chi connectivity index (χ0v) is 17.9. The lowest BCUT2D eigenvalue weighted by Gasteiger charge is -2.21. The molecule has 3 heterocycles. The lowest BCUT2D eigenvalue weighted by molar-refractivity contribution is 0.0951. The Labute approximate surface area is 178 Å². The van der Waals surface area contributed by atoms with Crippen LogP contribution in [0.25, 0.3) is 0 Å². The summed E-state index contributed by atoms with van der Waals surface area (Å²) in [6.45, 7) is 3.00. The van der Waals surface area contributed by atoms with Crippen molar-refractivity contribution in [1.29, 1.82) is 0 Å². The van der Waals surface area contributed by atoms with Crippen LogP contribution in [-0.4, -0.2) is 44.7 Å². The molecule has 8 heteroatoms. The van der Waals surface area contributed by atoms with E-state index >= 15 is 0 Å². The second-order valence-electron chi connectivity index (χ2n) is 7.90. The normalized spacial score (nSPS) is 18.8. The Morgan fingerprint density at radius 3 is 2.27 bits per heavy atom. The molecule has 2 aliphatic rings. The Morgan fingerprint density at radius 1 is 0.933 bits per heavy atom.